The molecule has 20 heavy (non-hydrogen) atoms. The van der Waals surface area contributed by atoms with Crippen molar-refractivity contribution in [2.24, 2.45) is 5.92 Å². The molecule has 1 atom stereocenters. The first kappa shape index (κ1) is 16.7. The van der Waals surface area contributed by atoms with Gasteiger partial charge in [-0.1, -0.05) is 34.1 Å². The van der Waals surface area contributed by atoms with Gasteiger partial charge in [0.1, 0.15) is 0 Å². The molecular formula is C17H28N2O. The fourth-order valence-corrected chi connectivity index (χ4v) is 2.61. The lowest BCUT2D eigenvalue weighted by Gasteiger charge is -2.31. The van der Waals surface area contributed by atoms with Crippen molar-refractivity contribution < 1.29 is 4.79 Å². The predicted molar refractivity (Wildman–Crippen MR) is 83.9 cm³/mol. The molecule has 1 amide bonds. The second-order valence-corrected chi connectivity index (χ2v) is 5.25. The van der Waals surface area contributed by atoms with Crippen molar-refractivity contribution in [3.8, 4) is 0 Å². The number of piperidine rings is 1. The van der Waals surface area contributed by atoms with E-state index in [9.17, 15) is 4.79 Å². The van der Waals surface area contributed by atoms with Crippen LogP contribution < -0.4 is 0 Å². The standard InChI is InChI=1S/C15H22N2O.C2H6/c1-3-6-14-13(8-4-9-16-14)15(18)17-10-5-7-12(2)11-17;1-2/h4,8-9,12H,3,5-7,10-11H2,1-2H3;1-2H3. The van der Waals surface area contributed by atoms with E-state index in [1.165, 1.54) is 6.42 Å². The van der Waals surface area contributed by atoms with Crippen LogP contribution in [0, 0.1) is 5.92 Å². The zero-order valence-electron chi connectivity index (χ0n) is 13.4. The number of aryl methyl sites for hydroxylation is 1. The van der Waals surface area contributed by atoms with Crippen LogP contribution in [0.15, 0.2) is 18.3 Å². The maximum absolute atomic E-state index is 12.5. The fraction of sp³-hybridized carbons (Fsp3) is 0.647. The summed E-state index contributed by atoms with van der Waals surface area (Å²) >= 11 is 0. The van der Waals surface area contributed by atoms with E-state index in [0.717, 1.165) is 43.6 Å². The van der Waals surface area contributed by atoms with Gasteiger partial charge in [0, 0.05) is 19.3 Å². The first-order valence-corrected chi connectivity index (χ1v) is 7.95. The molecule has 2 heterocycles. The fourth-order valence-electron chi connectivity index (χ4n) is 2.61. The van der Waals surface area contributed by atoms with Gasteiger partial charge in [0.15, 0.2) is 0 Å². The summed E-state index contributed by atoms with van der Waals surface area (Å²) < 4.78 is 0. The summed E-state index contributed by atoms with van der Waals surface area (Å²) in [5, 5.41) is 0. The minimum Gasteiger partial charge on any atom is -0.338 e. The second kappa shape index (κ2) is 8.72. The normalized spacial score (nSPS) is 18.2. The molecule has 1 unspecified atom stereocenters. The van der Waals surface area contributed by atoms with Crippen molar-refractivity contribution in [3.05, 3.63) is 29.6 Å². The molecule has 0 N–H and O–H groups in total. The molecule has 3 nitrogen and oxygen atoms in total. The summed E-state index contributed by atoms with van der Waals surface area (Å²) in [6.07, 6.45) is 6.04. The first-order chi connectivity index (χ1) is 9.72. The molecule has 0 aliphatic carbocycles. The number of amides is 1. The summed E-state index contributed by atoms with van der Waals surface area (Å²) in [6.45, 7) is 10.1. The Hall–Kier alpha value is -1.38. The van der Waals surface area contributed by atoms with Crippen LogP contribution in [0.25, 0.3) is 0 Å². The van der Waals surface area contributed by atoms with Crippen LogP contribution in [-0.4, -0.2) is 28.9 Å². The molecule has 0 spiro atoms. The third kappa shape index (κ3) is 4.32. The lowest BCUT2D eigenvalue weighted by molar-refractivity contribution is 0.0681. The average Bonchev–Trinajstić information content (AvgIpc) is 2.49. The molecule has 1 aromatic rings. The minimum absolute atomic E-state index is 0.165. The number of carbonyl (C=O) groups is 1. The molecule has 0 radical (unpaired) electrons. The van der Waals surface area contributed by atoms with Gasteiger partial charge >= 0.3 is 0 Å². The molecule has 1 saturated heterocycles. The Labute approximate surface area is 123 Å². The summed E-state index contributed by atoms with van der Waals surface area (Å²) in [7, 11) is 0. The lowest BCUT2D eigenvalue weighted by atomic mass is 9.99. The van der Waals surface area contributed by atoms with Gasteiger partial charge in [-0.15, -0.1) is 0 Å². The van der Waals surface area contributed by atoms with Crippen molar-refractivity contribution in [2.45, 2.75) is 53.4 Å². The number of likely N-dealkylation sites (tertiary alicyclic amines) is 1. The molecule has 1 fully saturated rings. The van der Waals surface area contributed by atoms with Crippen LogP contribution in [0.4, 0.5) is 0 Å². The Kier molecular flexibility index (Phi) is 7.27. The van der Waals surface area contributed by atoms with E-state index in [-0.39, 0.29) is 5.91 Å². The Morgan fingerprint density at radius 2 is 2.20 bits per heavy atom. The SMILES string of the molecule is CC.CCCc1ncccc1C(=O)N1CCCC(C)C1. The van der Waals surface area contributed by atoms with E-state index in [1.54, 1.807) is 6.20 Å². The van der Waals surface area contributed by atoms with Gasteiger partial charge < -0.3 is 4.90 Å². The minimum atomic E-state index is 0.165. The van der Waals surface area contributed by atoms with E-state index in [2.05, 4.69) is 18.8 Å². The monoisotopic (exact) mass is 276 g/mol. The van der Waals surface area contributed by atoms with Crippen molar-refractivity contribution in [3.63, 3.8) is 0 Å². The summed E-state index contributed by atoms with van der Waals surface area (Å²) in [5.41, 5.74) is 1.75. The van der Waals surface area contributed by atoms with E-state index < -0.39 is 0 Å². The smallest absolute Gasteiger partial charge is 0.255 e. The first-order valence-electron chi connectivity index (χ1n) is 7.95. The lowest BCUT2D eigenvalue weighted by Crippen LogP contribution is -2.39. The number of hydrogen-bond acceptors (Lipinski definition) is 2. The average molecular weight is 276 g/mol. The van der Waals surface area contributed by atoms with Gasteiger partial charge in [-0.3, -0.25) is 9.78 Å². The molecule has 2 rings (SSSR count). The topological polar surface area (TPSA) is 33.2 Å². The van der Waals surface area contributed by atoms with Gasteiger partial charge in [-0.25, -0.2) is 0 Å². The van der Waals surface area contributed by atoms with Crippen LogP contribution >= 0.6 is 0 Å². The second-order valence-electron chi connectivity index (χ2n) is 5.25. The van der Waals surface area contributed by atoms with Crippen molar-refractivity contribution >= 4 is 5.91 Å². The van der Waals surface area contributed by atoms with Crippen LogP contribution in [0.2, 0.25) is 0 Å². The molecule has 112 valence electrons. The van der Waals surface area contributed by atoms with Crippen molar-refractivity contribution in [2.75, 3.05) is 13.1 Å². The van der Waals surface area contributed by atoms with Crippen LogP contribution in [0.5, 0.6) is 0 Å². The Bertz CT molecular complexity index is 417. The van der Waals surface area contributed by atoms with Crippen LogP contribution in [0.3, 0.4) is 0 Å². The van der Waals surface area contributed by atoms with E-state index >= 15 is 0 Å². The highest BCUT2D eigenvalue weighted by Crippen LogP contribution is 2.19. The van der Waals surface area contributed by atoms with Crippen molar-refractivity contribution in [1.29, 1.82) is 0 Å². The molecule has 0 aromatic carbocycles. The Morgan fingerprint density at radius 1 is 1.45 bits per heavy atom. The highest BCUT2D eigenvalue weighted by atomic mass is 16.2. The molecular weight excluding hydrogens is 248 g/mol. The summed E-state index contributed by atoms with van der Waals surface area (Å²) in [4.78, 5) is 18.9. The zero-order chi connectivity index (χ0) is 15.0. The van der Waals surface area contributed by atoms with E-state index in [4.69, 9.17) is 0 Å². The number of aromatic nitrogens is 1. The summed E-state index contributed by atoms with van der Waals surface area (Å²) in [6, 6.07) is 3.78. The van der Waals surface area contributed by atoms with E-state index in [0.29, 0.717) is 5.92 Å². The van der Waals surface area contributed by atoms with Gasteiger partial charge in [-0.2, -0.15) is 0 Å². The maximum atomic E-state index is 12.5. The largest absolute Gasteiger partial charge is 0.338 e. The molecule has 0 saturated carbocycles. The number of hydrogen-bond donors (Lipinski definition) is 0. The van der Waals surface area contributed by atoms with Gasteiger partial charge in [0.2, 0.25) is 0 Å². The van der Waals surface area contributed by atoms with Crippen molar-refractivity contribution in [1.82, 2.24) is 9.88 Å². The van der Waals surface area contributed by atoms with Gasteiger partial charge in [0.25, 0.3) is 5.91 Å². The predicted octanol–water partition coefficient (Wildman–Crippen LogP) is 3.93. The van der Waals surface area contributed by atoms with E-state index in [1.807, 2.05) is 30.9 Å². The summed E-state index contributed by atoms with van der Waals surface area (Å²) in [5.74, 6) is 0.784. The van der Waals surface area contributed by atoms with Crippen LogP contribution in [-0.2, 0) is 6.42 Å². The molecule has 1 aliphatic rings. The number of nitrogens with zero attached hydrogens (tertiary/aromatic N) is 2. The molecule has 1 aliphatic heterocycles. The highest BCUT2D eigenvalue weighted by Gasteiger charge is 2.23. The zero-order valence-corrected chi connectivity index (χ0v) is 13.4. The quantitative estimate of drug-likeness (QED) is 0.838. The van der Waals surface area contributed by atoms with Crippen LogP contribution in [0.1, 0.15) is 63.0 Å². The highest BCUT2D eigenvalue weighted by molar-refractivity contribution is 5.95. The third-order valence-corrected chi connectivity index (χ3v) is 3.55. The Morgan fingerprint density at radius 3 is 2.85 bits per heavy atom. The third-order valence-electron chi connectivity index (χ3n) is 3.55. The number of pyridine rings is 1. The molecule has 0 bridgehead atoms. The number of rotatable bonds is 3. The molecule has 3 heteroatoms. The van der Waals surface area contributed by atoms with Gasteiger partial charge in [0.05, 0.1) is 11.3 Å². The number of carbonyl (C=O) groups excluding carboxylic acids is 1. The van der Waals surface area contributed by atoms with Gasteiger partial charge in [-0.05, 0) is 37.3 Å². The maximum Gasteiger partial charge on any atom is 0.255 e. The Balaban J connectivity index is 0.000000956. The molecule has 1 aromatic heterocycles.